The van der Waals surface area contributed by atoms with Gasteiger partial charge in [0, 0.05) is 37.1 Å². The number of esters is 1. The summed E-state index contributed by atoms with van der Waals surface area (Å²) in [5.41, 5.74) is 2.51. The van der Waals surface area contributed by atoms with Crippen LogP contribution in [-0.4, -0.2) is 45.8 Å². The molecule has 0 bridgehead atoms. The number of H-pyrrole nitrogens is 1. The Morgan fingerprint density at radius 3 is 2.74 bits per heavy atom. The van der Waals surface area contributed by atoms with E-state index in [1.165, 1.54) is 6.33 Å². The van der Waals surface area contributed by atoms with Crippen molar-refractivity contribution in [2.75, 3.05) is 11.7 Å². The highest BCUT2D eigenvalue weighted by Crippen LogP contribution is 2.37. The Kier molecular flexibility index (Phi) is 7.32. The highest BCUT2D eigenvalue weighted by Gasteiger charge is 2.46. The fourth-order valence-corrected chi connectivity index (χ4v) is 4.22. The normalized spacial score (nSPS) is 25.0. The van der Waals surface area contributed by atoms with E-state index in [-0.39, 0.29) is 36.9 Å². The van der Waals surface area contributed by atoms with Crippen LogP contribution in [0.3, 0.4) is 0 Å². The third kappa shape index (κ3) is 4.24. The molecule has 7 atom stereocenters. The van der Waals surface area contributed by atoms with Crippen molar-refractivity contribution in [1.29, 1.82) is 0 Å². The minimum atomic E-state index is -0.321. The molecule has 2 aromatic heterocycles. The summed E-state index contributed by atoms with van der Waals surface area (Å²) in [5.74, 6) is 0.464. The second kappa shape index (κ2) is 9.51. The number of aromatic amines is 1. The lowest BCUT2D eigenvalue weighted by molar-refractivity contribution is -0.144. The molecule has 0 amide bonds. The molecule has 2 aromatic rings. The molecule has 1 saturated heterocycles. The largest absolute Gasteiger partial charge is 0.464 e. The summed E-state index contributed by atoms with van der Waals surface area (Å²) in [6, 6.07) is -0.422. The number of anilines is 1. The zero-order chi connectivity index (χ0) is 19.4. The standard InChI is InChI=1S/C15H24N5O4P3/c1-2-3-9(21)22-5-8-13(23-26)14(24-27)11(19-8)7-4-16-12-10(7)17-6-18-15(12)20-25/h4,6,8,11,13-14,16,19H,2-3,5,25-27H2,1H3,(H,17,18,20)/t8-,11+,13-,14+/m1/s1. The maximum atomic E-state index is 11.7. The van der Waals surface area contributed by atoms with Crippen molar-refractivity contribution in [3.63, 3.8) is 0 Å². The van der Waals surface area contributed by atoms with Gasteiger partial charge in [-0.1, -0.05) is 6.92 Å². The van der Waals surface area contributed by atoms with E-state index in [9.17, 15) is 4.79 Å². The summed E-state index contributed by atoms with van der Waals surface area (Å²) in [7, 11) is 6.99. The first-order valence-electron chi connectivity index (χ1n) is 8.55. The Morgan fingerprint density at radius 2 is 2.07 bits per heavy atom. The van der Waals surface area contributed by atoms with E-state index in [1.807, 2.05) is 13.1 Å². The summed E-state index contributed by atoms with van der Waals surface area (Å²) in [5, 5.41) is 6.43. The predicted octanol–water partition coefficient (Wildman–Crippen LogP) is 1.87. The SMILES string of the molecule is CCCC(=O)OC[C@H]1N[C@@H](c2c[nH]c3c(NP)ncnc23)[C@H](OP)[C@@H]1OP. The van der Waals surface area contributed by atoms with Crippen LogP contribution in [-0.2, 0) is 18.6 Å². The van der Waals surface area contributed by atoms with Crippen molar-refractivity contribution in [2.45, 2.75) is 44.1 Å². The van der Waals surface area contributed by atoms with E-state index in [2.05, 4.69) is 53.7 Å². The van der Waals surface area contributed by atoms with Crippen molar-refractivity contribution >= 4 is 51.1 Å². The molecule has 0 aromatic carbocycles. The molecule has 27 heavy (non-hydrogen) atoms. The number of hydrogen-bond acceptors (Lipinski definition) is 8. The Labute approximate surface area is 164 Å². The minimum Gasteiger partial charge on any atom is -0.464 e. The first-order chi connectivity index (χ1) is 13.1. The topological polar surface area (TPSA) is 110 Å². The van der Waals surface area contributed by atoms with Crippen LogP contribution < -0.4 is 10.4 Å². The summed E-state index contributed by atoms with van der Waals surface area (Å²) in [4.78, 5) is 23.6. The van der Waals surface area contributed by atoms with Crippen molar-refractivity contribution in [2.24, 2.45) is 0 Å². The minimum absolute atomic E-state index is 0.203. The summed E-state index contributed by atoms with van der Waals surface area (Å²) >= 11 is 0. The summed E-state index contributed by atoms with van der Waals surface area (Å²) in [6.07, 6.45) is 3.90. The molecular formula is C15H24N5O4P3. The number of hydrogen-bond donors (Lipinski definition) is 3. The molecule has 0 saturated carbocycles. The molecule has 1 aliphatic rings. The second-order valence-corrected chi connectivity index (χ2v) is 7.05. The molecule has 3 rings (SSSR count). The van der Waals surface area contributed by atoms with E-state index in [0.29, 0.717) is 12.2 Å². The maximum absolute atomic E-state index is 11.7. The van der Waals surface area contributed by atoms with Gasteiger partial charge in [-0.25, -0.2) is 9.97 Å². The van der Waals surface area contributed by atoms with Crippen LogP contribution in [0.4, 0.5) is 5.82 Å². The molecular weight excluding hydrogens is 407 g/mol. The first kappa shape index (κ1) is 20.8. The number of aromatic nitrogens is 3. The third-order valence-corrected chi connectivity index (χ3v) is 5.50. The van der Waals surface area contributed by atoms with Crippen molar-refractivity contribution in [1.82, 2.24) is 20.3 Å². The molecule has 9 nitrogen and oxygen atoms in total. The number of carbonyl (C=O) groups is 1. The zero-order valence-electron chi connectivity index (χ0n) is 14.8. The van der Waals surface area contributed by atoms with Gasteiger partial charge in [0.15, 0.2) is 5.82 Å². The number of rotatable bonds is 8. The van der Waals surface area contributed by atoms with Crippen LogP contribution in [0.5, 0.6) is 0 Å². The number of nitrogens with one attached hydrogen (secondary N) is 3. The molecule has 3 unspecified atom stereocenters. The van der Waals surface area contributed by atoms with Gasteiger partial charge in [-0.3, -0.25) is 10.1 Å². The lowest BCUT2D eigenvalue weighted by atomic mass is 10.0. The van der Waals surface area contributed by atoms with Crippen LogP contribution in [0.2, 0.25) is 0 Å². The Bertz CT molecular complexity index is 792. The van der Waals surface area contributed by atoms with Gasteiger partial charge in [0.25, 0.3) is 0 Å². The van der Waals surface area contributed by atoms with Gasteiger partial charge in [0.1, 0.15) is 30.7 Å². The van der Waals surface area contributed by atoms with Crippen molar-refractivity contribution in [3.05, 3.63) is 18.1 Å². The molecule has 3 N–H and O–H groups in total. The van der Waals surface area contributed by atoms with Crippen LogP contribution >= 0.6 is 28.3 Å². The molecule has 1 aliphatic heterocycles. The van der Waals surface area contributed by atoms with Gasteiger partial charge in [0.2, 0.25) is 0 Å². The van der Waals surface area contributed by atoms with Gasteiger partial charge in [-0.15, -0.1) is 0 Å². The average Bonchev–Trinajstić information content (AvgIpc) is 3.26. The Balaban J connectivity index is 1.86. The molecule has 3 heterocycles. The van der Waals surface area contributed by atoms with E-state index < -0.39 is 0 Å². The number of fused-ring (bicyclic) bond motifs is 1. The molecule has 0 radical (unpaired) electrons. The first-order valence-corrected chi connectivity index (χ1v) is 10.1. The van der Waals surface area contributed by atoms with Crippen LogP contribution in [0.1, 0.15) is 31.4 Å². The molecule has 1 fully saturated rings. The highest BCUT2D eigenvalue weighted by molar-refractivity contribution is 7.18. The fourth-order valence-electron chi connectivity index (χ4n) is 3.34. The number of ether oxygens (including phenoxy) is 1. The Hall–Kier alpha value is -0.940. The molecule has 148 valence electrons. The van der Waals surface area contributed by atoms with Gasteiger partial charge in [0.05, 0.1) is 17.6 Å². The highest BCUT2D eigenvalue weighted by atomic mass is 31.0. The number of carbonyl (C=O) groups excluding carboxylic acids is 1. The smallest absolute Gasteiger partial charge is 0.305 e. The fraction of sp³-hybridized carbons (Fsp3) is 0.533. The summed E-state index contributed by atoms with van der Waals surface area (Å²) in [6.45, 7) is 2.14. The zero-order valence-corrected chi connectivity index (χ0v) is 18.3. The molecule has 12 heteroatoms. The van der Waals surface area contributed by atoms with Gasteiger partial charge >= 0.3 is 5.97 Å². The van der Waals surface area contributed by atoms with E-state index in [0.717, 1.165) is 23.0 Å². The van der Waals surface area contributed by atoms with E-state index >= 15 is 0 Å². The van der Waals surface area contributed by atoms with Crippen LogP contribution in [0.25, 0.3) is 11.0 Å². The quantitative estimate of drug-likeness (QED) is 0.429. The average molecular weight is 431 g/mol. The van der Waals surface area contributed by atoms with Crippen molar-refractivity contribution in [3.8, 4) is 0 Å². The second-order valence-electron chi connectivity index (χ2n) is 6.22. The predicted molar refractivity (Wildman–Crippen MR) is 112 cm³/mol. The Morgan fingerprint density at radius 1 is 1.30 bits per heavy atom. The molecule has 0 spiro atoms. The van der Waals surface area contributed by atoms with Gasteiger partial charge < -0.3 is 23.9 Å². The lowest BCUT2D eigenvalue weighted by Gasteiger charge is -2.22. The van der Waals surface area contributed by atoms with Gasteiger partial charge in [-0.2, -0.15) is 0 Å². The van der Waals surface area contributed by atoms with Crippen LogP contribution in [0.15, 0.2) is 12.5 Å². The lowest BCUT2D eigenvalue weighted by Crippen LogP contribution is -2.38. The van der Waals surface area contributed by atoms with Crippen molar-refractivity contribution < 1.29 is 18.6 Å². The number of nitrogens with zero attached hydrogens (tertiary/aromatic N) is 2. The van der Waals surface area contributed by atoms with Crippen LogP contribution in [0, 0.1) is 0 Å². The maximum Gasteiger partial charge on any atom is 0.305 e. The van der Waals surface area contributed by atoms with E-state index in [4.69, 9.17) is 13.8 Å². The summed E-state index contributed by atoms with van der Waals surface area (Å²) < 4.78 is 16.6. The van der Waals surface area contributed by atoms with Gasteiger partial charge in [-0.05, 0) is 15.8 Å². The monoisotopic (exact) mass is 431 g/mol. The third-order valence-electron chi connectivity index (χ3n) is 4.60. The molecule has 0 aliphatic carbocycles. The van der Waals surface area contributed by atoms with E-state index in [1.54, 1.807) is 0 Å².